The predicted molar refractivity (Wildman–Crippen MR) is 107 cm³/mol. The fourth-order valence-electron chi connectivity index (χ4n) is 3.57. The van der Waals surface area contributed by atoms with Crippen molar-refractivity contribution in [2.24, 2.45) is 5.92 Å². The average molecular weight is 445 g/mol. The van der Waals surface area contributed by atoms with Gasteiger partial charge in [0.1, 0.15) is 6.61 Å². The summed E-state index contributed by atoms with van der Waals surface area (Å²) in [4.78, 5) is 28.1. The third-order valence-electron chi connectivity index (χ3n) is 4.99. The Kier molecular flexibility index (Phi) is 5.28. The van der Waals surface area contributed by atoms with Crippen molar-refractivity contribution in [3.8, 4) is 0 Å². The molecular weight excluding hydrogens is 427 g/mol. The molecule has 1 aromatic heterocycles. The highest BCUT2D eigenvalue weighted by Gasteiger charge is 2.37. The molecule has 28 heavy (non-hydrogen) atoms. The molecule has 1 saturated heterocycles. The molecule has 0 aliphatic carbocycles. The molecule has 2 N–H and O–H groups in total. The Labute approximate surface area is 169 Å². The number of aromatic amines is 1. The third-order valence-corrected chi connectivity index (χ3v) is 5.48. The van der Waals surface area contributed by atoms with Crippen LogP contribution in [0.15, 0.2) is 57.8 Å². The second-order valence-corrected chi connectivity index (χ2v) is 7.71. The Morgan fingerprint density at radius 1 is 1.21 bits per heavy atom. The van der Waals surface area contributed by atoms with Crippen LogP contribution >= 0.6 is 15.9 Å². The number of hydrogen-bond acceptors (Lipinski definition) is 4. The number of aromatic nitrogens is 1. The first kappa shape index (κ1) is 18.8. The van der Waals surface area contributed by atoms with Crippen molar-refractivity contribution in [2.75, 3.05) is 6.54 Å². The first-order chi connectivity index (χ1) is 13.5. The summed E-state index contributed by atoms with van der Waals surface area (Å²) in [6.07, 6.45) is 0.510. The Morgan fingerprint density at radius 2 is 2.00 bits per heavy atom. The Balaban J connectivity index is 1.62. The van der Waals surface area contributed by atoms with Crippen LogP contribution in [0, 0.1) is 11.7 Å². The van der Waals surface area contributed by atoms with Crippen molar-refractivity contribution in [3.63, 3.8) is 0 Å². The fourth-order valence-corrected chi connectivity index (χ4v) is 3.93. The van der Waals surface area contributed by atoms with Gasteiger partial charge in [-0.15, -0.1) is 0 Å². The number of ether oxygens (including phenoxy) is 1. The Bertz CT molecular complexity index is 1080. The van der Waals surface area contributed by atoms with Crippen LogP contribution in [0.25, 0.3) is 10.9 Å². The van der Waals surface area contributed by atoms with Gasteiger partial charge in [-0.25, -0.2) is 4.39 Å². The molecule has 4 rings (SSSR count). The van der Waals surface area contributed by atoms with E-state index in [1.54, 1.807) is 18.2 Å². The quantitative estimate of drug-likeness (QED) is 0.599. The number of H-pyrrole nitrogens is 1. The van der Waals surface area contributed by atoms with E-state index >= 15 is 0 Å². The summed E-state index contributed by atoms with van der Waals surface area (Å²) in [6.45, 7) is 0.695. The minimum absolute atomic E-state index is 0.0924. The maximum absolute atomic E-state index is 14.8. The van der Waals surface area contributed by atoms with Crippen molar-refractivity contribution in [1.29, 1.82) is 0 Å². The van der Waals surface area contributed by atoms with Gasteiger partial charge in [-0.05, 0) is 36.7 Å². The molecule has 2 unspecified atom stereocenters. The molecule has 1 fully saturated rings. The fraction of sp³-hybridized carbons (Fsp3) is 0.238. The van der Waals surface area contributed by atoms with Crippen LogP contribution in [0.3, 0.4) is 0 Å². The first-order valence-electron chi connectivity index (χ1n) is 8.99. The molecule has 0 spiro atoms. The zero-order valence-electron chi connectivity index (χ0n) is 14.9. The molecule has 0 bridgehead atoms. The summed E-state index contributed by atoms with van der Waals surface area (Å²) in [5, 5.41) is 3.40. The van der Waals surface area contributed by atoms with E-state index in [1.807, 2.05) is 30.3 Å². The minimum atomic E-state index is -0.866. The van der Waals surface area contributed by atoms with Crippen LogP contribution in [0.2, 0.25) is 0 Å². The predicted octanol–water partition coefficient (Wildman–Crippen LogP) is 3.82. The van der Waals surface area contributed by atoms with Gasteiger partial charge < -0.3 is 15.0 Å². The molecule has 0 amide bonds. The second kappa shape index (κ2) is 7.85. The number of carbonyl (C=O) groups is 1. The summed E-state index contributed by atoms with van der Waals surface area (Å²) in [5.41, 5.74) is 0.811. The van der Waals surface area contributed by atoms with Gasteiger partial charge in [-0.3, -0.25) is 9.59 Å². The highest BCUT2D eigenvalue weighted by molar-refractivity contribution is 9.10. The van der Waals surface area contributed by atoms with Crippen molar-refractivity contribution < 1.29 is 13.9 Å². The molecule has 0 radical (unpaired) electrons. The lowest BCUT2D eigenvalue weighted by Gasteiger charge is -2.20. The number of esters is 1. The van der Waals surface area contributed by atoms with E-state index in [0.717, 1.165) is 10.0 Å². The zero-order valence-corrected chi connectivity index (χ0v) is 16.5. The molecule has 1 aliphatic rings. The summed E-state index contributed by atoms with van der Waals surface area (Å²) in [5.74, 6) is -1.85. The van der Waals surface area contributed by atoms with E-state index in [0.29, 0.717) is 18.5 Å². The monoisotopic (exact) mass is 444 g/mol. The van der Waals surface area contributed by atoms with Crippen molar-refractivity contribution in [2.45, 2.75) is 19.1 Å². The zero-order chi connectivity index (χ0) is 19.7. The number of nitrogens with one attached hydrogen (secondary N) is 2. The molecular formula is C21H18BrFN2O3. The van der Waals surface area contributed by atoms with Gasteiger partial charge in [-0.2, -0.15) is 0 Å². The van der Waals surface area contributed by atoms with E-state index in [4.69, 9.17) is 4.74 Å². The molecule has 2 atom stereocenters. The summed E-state index contributed by atoms with van der Waals surface area (Å²) in [7, 11) is 0. The van der Waals surface area contributed by atoms with Gasteiger partial charge in [0.05, 0.1) is 23.2 Å². The van der Waals surface area contributed by atoms with E-state index < -0.39 is 29.2 Å². The average Bonchev–Trinajstić information content (AvgIpc) is 3.19. The number of pyridine rings is 1. The molecule has 144 valence electrons. The Hall–Kier alpha value is -2.51. The lowest BCUT2D eigenvalue weighted by molar-refractivity contribution is -0.150. The standard InChI is InChI=1S/C21H18BrFN2O3/c22-13-6-7-14-16(10-13)25-19(17(23)20(14)26)18-15(8-9-24-18)21(27)28-11-12-4-2-1-3-5-12/h1-7,10,15,18,24H,8-9,11H2,(H,25,26). The smallest absolute Gasteiger partial charge is 0.311 e. The number of carbonyl (C=O) groups excluding carboxylic acids is 1. The number of fused-ring (bicyclic) bond motifs is 1. The highest BCUT2D eigenvalue weighted by Crippen LogP contribution is 2.31. The number of hydrogen-bond donors (Lipinski definition) is 2. The third kappa shape index (κ3) is 3.59. The molecule has 3 aromatic rings. The lowest BCUT2D eigenvalue weighted by Crippen LogP contribution is -2.29. The van der Waals surface area contributed by atoms with E-state index in [-0.39, 0.29) is 17.7 Å². The molecule has 2 heterocycles. The van der Waals surface area contributed by atoms with Crippen LogP contribution in [0.5, 0.6) is 0 Å². The first-order valence-corrected chi connectivity index (χ1v) is 9.79. The minimum Gasteiger partial charge on any atom is -0.461 e. The Morgan fingerprint density at radius 3 is 2.79 bits per heavy atom. The van der Waals surface area contributed by atoms with Crippen LogP contribution in [-0.2, 0) is 16.1 Å². The summed E-state index contributed by atoms with van der Waals surface area (Å²) < 4.78 is 21.0. The lowest BCUT2D eigenvalue weighted by atomic mass is 9.96. The van der Waals surface area contributed by atoms with Crippen molar-refractivity contribution in [3.05, 3.63) is 80.3 Å². The van der Waals surface area contributed by atoms with Crippen LogP contribution in [-0.4, -0.2) is 17.5 Å². The van der Waals surface area contributed by atoms with E-state index in [2.05, 4.69) is 26.2 Å². The second-order valence-electron chi connectivity index (χ2n) is 6.79. The van der Waals surface area contributed by atoms with Gasteiger partial charge in [0, 0.05) is 9.86 Å². The van der Waals surface area contributed by atoms with E-state index in [9.17, 15) is 14.0 Å². The molecule has 5 nitrogen and oxygen atoms in total. The van der Waals surface area contributed by atoms with Gasteiger partial charge >= 0.3 is 5.97 Å². The normalized spacial score (nSPS) is 19.1. The van der Waals surface area contributed by atoms with Crippen LogP contribution in [0.4, 0.5) is 4.39 Å². The van der Waals surface area contributed by atoms with Crippen LogP contribution in [0.1, 0.15) is 23.7 Å². The topological polar surface area (TPSA) is 71.2 Å². The summed E-state index contributed by atoms with van der Waals surface area (Å²) in [6, 6.07) is 13.7. The molecule has 7 heteroatoms. The highest BCUT2D eigenvalue weighted by atomic mass is 79.9. The SMILES string of the molecule is O=C(OCc1ccccc1)C1CCNC1c1[nH]c2cc(Br)ccc2c(=O)c1F. The number of benzene rings is 2. The molecule has 0 saturated carbocycles. The van der Waals surface area contributed by atoms with Gasteiger partial charge in [0.25, 0.3) is 0 Å². The largest absolute Gasteiger partial charge is 0.461 e. The molecule has 2 aromatic carbocycles. The van der Waals surface area contributed by atoms with Crippen molar-refractivity contribution in [1.82, 2.24) is 10.3 Å². The number of halogens is 2. The van der Waals surface area contributed by atoms with Crippen molar-refractivity contribution >= 4 is 32.8 Å². The van der Waals surface area contributed by atoms with Gasteiger partial charge in [-0.1, -0.05) is 46.3 Å². The van der Waals surface area contributed by atoms with Gasteiger partial charge in [0.2, 0.25) is 5.43 Å². The van der Waals surface area contributed by atoms with Gasteiger partial charge in [0.15, 0.2) is 5.82 Å². The van der Waals surface area contributed by atoms with E-state index in [1.165, 1.54) is 0 Å². The maximum Gasteiger partial charge on any atom is 0.311 e. The maximum atomic E-state index is 14.8. The molecule has 1 aliphatic heterocycles. The summed E-state index contributed by atoms with van der Waals surface area (Å²) >= 11 is 3.36. The van der Waals surface area contributed by atoms with Crippen LogP contribution < -0.4 is 10.7 Å². The number of rotatable bonds is 4.